The van der Waals surface area contributed by atoms with Crippen molar-refractivity contribution in [3.05, 3.63) is 65.7 Å². The fourth-order valence-corrected chi connectivity index (χ4v) is 6.52. The van der Waals surface area contributed by atoms with Gasteiger partial charge in [0.05, 0.1) is 5.69 Å². The van der Waals surface area contributed by atoms with Gasteiger partial charge in [-0.25, -0.2) is 18.4 Å². The Balaban J connectivity index is 1.64. The number of benzene rings is 2. The summed E-state index contributed by atoms with van der Waals surface area (Å²) in [6.45, 7) is 9.85. The summed E-state index contributed by atoms with van der Waals surface area (Å²) in [5.74, 6) is -0.376. The lowest BCUT2D eigenvalue weighted by atomic mass is 10.1. The van der Waals surface area contributed by atoms with Gasteiger partial charge in [0, 0.05) is 20.7 Å². The molecule has 9 nitrogen and oxygen atoms in total. The second kappa shape index (κ2) is 10.4. The van der Waals surface area contributed by atoms with Gasteiger partial charge in [-0.3, -0.25) is 4.79 Å². The molecular formula is C27H33N3O6SSi. The van der Waals surface area contributed by atoms with Crippen LogP contribution < -0.4 is 9.04 Å². The highest BCUT2D eigenvalue weighted by Crippen LogP contribution is 2.36. The first-order valence-electron chi connectivity index (χ1n) is 12.4. The lowest BCUT2D eigenvalue weighted by molar-refractivity contribution is -0.137. The van der Waals surface area contributed by atoms with Crippen LogP contribution in [0.3, 0.4) is 0 Å². The van der Waals surface area contributed by atoms with Crippen LogP contribution in [0.2, 0.25) is 25.7 Å². The van der Waals surface area contributed by atoms with Crippen LogP contribution in [0, 0.1) is 0 Å². The number of rotatable bonds is 9. The maximum absolute atomic E-state index is 13.4. The van der Waals surface area contributed by atoms with E-state index >= 15 is 0 Å². The molecule has 0 atom stereocenters. The molecule has 0 N–H and O–H groups in total. The molecule has 0 aliphatic carbocycles. The number of cyclic esters (lactones) is 1. The Morgan fingerprint density at radius 1 is 1.08 bits per heavy atom. The zero-order valence-electron chi connectivity index (χ0n) is 22.3. The fourth-order valence-electron chi connectivity index (χ4n) is 3.91. The Hall–Kier alpha value is -3.44. The molecule has 4 rings (SSSR count). The number of carbonyl (C=O) groups excluding carboxylic acids is 2. The molecule has 1 fully saturated rings. The van der Waals surface area contributed by atoms with Crippen molar-refractivity contribution in [3.8, 4) is 5.75 Å². The molecule has 2 aromatic rings. The van der Waals surface area contributed by atoms with Crippen LogP contribution in [0.25, 0.3) is 6.08 Å². The zero-order chi connectivity index (χ0) is 27.7. The minimum absolute atomic E-state index is 0.172. The summed E-state index contributed by atoms with van der Waals surface area (Å²) in [4.78, 5) is 29.0. The van der Waals surface area contributed by atoms with E-state index in [0.717, 1.165) is 14.2 Å². The van der Waals surface area contributed by atoms with E-state index in [1.165, 1.54) is 0 Å². The third kappa shape index (κ3) is 6.16. The van der Waals surface area contributed by atoms with Gasteiger partial charge in [-0.15, -0.1) is 0 Å². The van der Waals surface area contributed by atoms with Gasteiger partial charge in [0.1, 0.15) is 18.9 Å². The summed E-state index contributed by atoms with van der Waals surface area (Å²) in [6, 6.07) is 15.2. The van der Waals surface area contributed by atoms with E-state index in [0.29, 0.717) is 17.4 Å². The van der Waals surface area contributed by atoms with E-state index in [2.05, 4.69) is 24.6 Å². The van der Waals surface area contributed by atoms with E-state index in [-0.39, 0.29) is 31.3 Å². The van der Waals surface area contributed by atoms with Crippen molar-refractivity contribution in [2.24, 2.45) is 4.99 Å². The molecule has 202 valence electrons. The monoisotopic (exact) mass is 555 g/mol. The molecule has 0 aromatic heterocycles. The van der Waals surface area contributed by atoms with Gasteiger partial charge in [0.2, 0.25) is 5.90 Å². The molecule has 1 saturated heterocycles. The Labute approximate surface area is 225 Å². The van der Waals surface area contributed by atoms with Crippen LogP contribution >= 0.6 is 0 Å². The molecule has 0 unspecified atom stereocenters. The Kier molecular flexibility index (Phi) is 7.53. The van der Waals surface area contributed by atoms with E-state index in [1.807, 2.05) is 30.3 Å². The second-order valence-corrected chi connectivity index (χ2v) is 18.4. The average molecular weight is 556 g/mol. The van der Waals surface area contributed by atoms with Crippen molar-refractivity contribution >= 4 is 47.8 Å². The molecule has 2 aromatic carbocycles. The third-order valence-electron chi connectivity index (χ3n) is 6.17. The van der Waals surface area contributed by atoms with Crippen molar-refractivity contribution < 1.29 is 27.5 Å². The molecule has 0 radical (unpaired) electrons. The number of aliphatic imine (C=N–C) groups is 1. The van der Waals surface area contributed by atoms with Crippen molar-refractivity contribution in [1.29, 1.82) is 0 Å². The van der Waals surface area contributed by atoms with Crippen molar-refractivity contribution in [2.75, 3.05) is 17.4 Å². The van der Waals surface area contributed by atoms with Gasteiger partial charge >= 0.3 is 16.2 Å². The summed E-state index contributed by atoms with van der Waals surface area (Å²) in [5.41, 5.74) is 0.934. The predicted molar refractivity (Wildman–Crippen MR) is 150 cm³/mol. The fraction of sp³-hybridized carbons (Fsp3) is 0.370. The summed E-state index contributed by atoms with van der Waals surface area (Å²) >= 11 is 0. The van der Waals surface area contributed by atoms with Crippen molar-refractivity contribution in [2.45, 2.75) is 51.7 Å². The first-order valence-corrected chi connectivity index (χ1v) is 17.5. The Bertz CT molecular complexity index is 1400. The van der Waals surface area contributed by atoms with Gasteiger partial charge in [-0.2, -0.15) is 8.42 Å². The van der Waals surface area contributed by atoms with E-state index in [4.69, 9.17) is 9.47 Å². The lowest BCUT2D eigenvalue weighted by Gasteiger charge is -2.24. The highest BCUT2D eigenvalue weighted by Gasteiger charge is 2.44. The molecule has 2 aliphatic rings. The molecule has 0 spiro atoms. The molecular weight excluding hydrogens is 522 g/mol. The molecule has 11 heteroatoms. The van der Waals surface area contributed by atoms with Gasteiger partial charge in [-0.1, -0.05) is 56.0 Å². The number of amides is 1. The third-order valence-corrected chi connectivity index (χ3v) is 9.72. The molecule has 2 aliphatic heterocycles. The van der Waals surface area contributed by atoms with Gasteiger partial charge in [0.25, 0.3) is 5.91 Å². The summed E-state index contributed by atoms with van der Waals surface area (Å²) in [7, 11) is -5.62. The van der Waals surface area contributed by atoms with Gasteiger partial charge in [0.15, 0.2) is 5.54 Å². The average Bonchev–Trinajstić information content (AvgIpc) is 3.23. The normalized spacial score (nSPS) is 18.7. The largest absolute Gasteiger partial charge is 0.487 e. The van der Waals surface area contributed by atoms with Crippen LogP contribution in [-0.2, 0) is 31.1 Å². The molecule has 0 bridgehead atoms. The van der Waals surface area contributed by atoms with E-state index in [1.54, 1.807) is 44.2 Å². The first kappa shape index (κ1) is 27.6. The molecule has 38 heavy (non-hydrogen) atoms. The highest BCUT2D eigenvalue weighted by molar-refractivity contribution is 7.91. The van der Waals surface area contributed by atoms with E-state index in [9.17, 15) is 18.0 Å². The predicted octanol–water partition coefficient (Wildman–Crippen LogP) is 4.24. The molecule has 0 saturated carbocycles. The smallest absolute Gasteiger partial charge is 0.340 e. The van der Waals surface area contributed by atoms with Crippen molar-refractivity contribution in [3.63, 3.8) is 0 Å². The summed E-state index contributed by atoms with van der Waals surface area (Å²) in [5, 5.41) is 0. The van der Waals surface area contributed by atoms with Gasteiger partial charge < -0.3 is 9.47 Å². The number of hydrogen-bond donors (Lipinski definition) is 0. The molecule has 2 heterocycles. The standard InChI is InChI=1S/C27H33N3O6SSi/c1-27(2)26(32)36-24(28-27)14-12-20-11-13-22(23(17-20)35-19-21-9-7-6-8-10-21)30-18-25(31)29(37(30,33)34)15-16-38(3,4)5/h6-14,17H,15-16,18-19H2,1-5H3. The Morgan fingerprint density at radius 2 is 1.79 bits per heavy atom. The summed E-state index contributed by atoms with van der Waals surface area (Å²) < 4.78 is 40.3. The maximum atomic E-state index is 13.4. The topological polar surface area (TPSA) is 106 Å². The van der Waals surface area contributed by atoms with Crippen LogP contribution in [-0.4, -0.2) is 57.2 Å². The van der Waals surface area contributed by atoms with Crippen LogP contribution in [0.4, 0.5) is 5.69 Å². The minimum atomic E-state index is -4.05. The second-order valence-electron chi connectivity index (χ2n) is 11.0. The van der Waals surface area contributed by atoms with Crippen LogP contribution in [0.5, 0.6) is 5.75 Å². The maximum Gasteiger partial charge on any atom is 0.340 e. The first-order chi connectivity index (χ1) is 17.8. The number of carbonyl (C=O) groups is 2. The number of ether oxygens (including phenoxy) is 2. The number of anilines is 1. The van der Waals surface area contributed by atoms with Crippen LogP contribution in [0.15, 0.2) is 59.6 Å². The number of hydrogen-bond acceptors (Lipinski definition) is 7. The minimum Gasteiger partial charge on any atom is -0.487 e. The van der Waals surface area contributed by atoms with Crippen molar-refractivity contribution in [1.82, 2.24) is 4.31 Å². The quantitative estimate of drug-likeness (QED) is 0.338. The zero-order valence-corrected chi connectivity index (χ0v) is 24.1. The SMILES string of the molecule is CC1(C)N=C(C=Cc2ccc(N3CC(=O)N(CC[Si](C)(C)C)S3(=O)=O)c(OCc3ccccc3)c2)OC1=O. The Morgan fingerprint density at radius 3 is 2.42 bits per heavy atom. The lowest BCUT2D eigenvalue weighted by Crippen LogP contribution is -2.37. The number of esters is 1. The van der Waals surface area contributed by atoms with Gasteiger partial charge in [-0.05, 0) is 49.2 Å². The molecule has 1 amide bonds. The van der Waals surface area contributed by atoms with E-state index < -0.39 is 35.7 Å². The highest BCUT2D eigenvalue weighted by atomic mass is 32.2. The van der Waals surface area contributed by atoms with Crippen LogP contribution in [0.1, 0.15) is 25.0 Å². The summed E-state index contributed by atoms with van der Waals surface area (Å²) in [6.07, 6.45) is 3.29. The number of nitrogens with zero attached hydrogens (tertiary/aromatic N) is 3.